The number of rotatable bonds is 8. The van der Waals surface area contributed by atoms with Crippen LogP contribution >= 0.6 is 11.8 Å². The molecule has 2 aromatic rings. The number of ether oxygens (including phenoxy) is 1. The Labute approximate surface area is 148 Å². The molecule has 0 spiro atoms. The van der Waals surface area contributed by atoms with Gasteiger partial charge in [0.15, 0.2) is 10.9 Å². The van der Waals surface area contributed by atoms with Gasteiger partial charge in [-0.15, -0.1) is 5.10 Å². The molecule has 25 heavy (non-hydrogen) atoms. The van der Waals surface area contributed by atoms with E-state index in [4.69, 9.17) is 4.74 Å². The molecule has 132 valence electrons. The first-order valence-corrected chi connectivity index (χ1v) is 8.80. The van der Waals surface area contributed by atoms with Gasteiger partial charge in [0, 0.05) is 31.5 Å². The highest BCUT2D eigenvalue weighted by atomic mass is 32.2. The molecule has 0 bridgehead atoms. The van der Waals surface area contributed by atoms with Crippen molar-refractivity contribution in [1.29, 1.82) is 0 Å². The number of H-pyrrole nitrogens is 1. The average Bonchev–Trinajstić information content (AvgIpc) is 3.14. The van der Waals surface area contributed by atoms with Gasteiger partial charge in [-0.05, 0) is 30.2 Å². The zero-order valence-electron chi connectivity index (χ0n) is 13.7. The van der Waals surface area contributed by atoms with Crippen molar-refractivity contribution in [1.82, 2.24) is 14.8 Å². The van der Waals surface area contributed by atoms with Crippen molar-refractivity contribution in [2.24, 2.45) is 0 Å². The largest absolute Gasteiger partial charge is 0.385 e. The summed E-state index contributed by atoms with van der Waals surface area (Å²) in [6, 6.07) is 5.18. The van der Waals surface area contributed by atoms with Crippen LogP contribution in [0.2, 0.25) is 0 Å². The number of hydrogen-bond donors (Lipinski definition) is 2. The Balaban J connectivity index is 1.64. The molecule has 1 aliphatic rings. The van der Waals surface area contributed by atoms with Gasteiger partial charge in [0.1, 0.15) is 0 Å². The van der Waals surface area contributed by atoms with Gasteiger partial charge < -0.3 is 10.1 Å². The molecule has 9 heteroatoms. The number of nitrogens with one attached hydrogen (secondary N) is 2. The fraction of sp³-hybridized carbons (Fsp3) is 0.375. The van der Waals surface area contributed by atoms with Crippen molar-refractivity contribution in [3.63, 3.8) is 0 Å². The fourth-order valence-corrected chi connectivity index (χ4v) is 3.46. The maximum Gasteiger partial charge on any atom is 0.343 e. The number of thioether (sulfide) groups is 1. The van der Waals surface area contributed by atoms with E-state index in [1.54, 1.807) is 25.3 Å². The lowest BCUT2D eigenvalue weighted by Crippen LogP contribution is -2.18. The zero-order valence-corrected chi connectivity index (χ0v) is 14.5. The predicted molar refractivity (Wildman–Crippen MR) is 93.2 cm³/mol. The maximum atomic E-state index is 12.4. The monoisotopic (exact) mass is 362 g/mol. The Morgan fingerprint density at radius 3 is 3.04 bits per heavy atom. The van der Waals surface area contributed by atoms with E-state index < -0.39 is 0 Å². The first-order valence-electron chi connectivity index (χ1n) is 7.81. The van der Waals surface area contributed by atoms with Crippen molar-refractivity contribution in [2.75, 3.05) is 24.8 Å². The molecule has 1 aliphatic heterocycles. The number of aromatic nitrogens is 3. The first-order chi connectivity index (χ1) is 12.1. The summed E-state index contributed by atoms with van der Waals surface area (Å²) in [4.78, 5) is 35.6. The number of anilines is 1. The van der Waals surface area contributed by atoms with Gasteiger partial charge in [0.05, 0.1) is 12.2 Å². The third kappa shape index (κ3) is 3.99. The van der Waals surface area contributed by atoms with Gasteiger partial charge in [-0.25, -0.2) is 9.89 Å². The molecule has 2 N–H and O–H groups in total. The van der Waals surface area contributed by atoms with Crippen LogP contribution < -0.4 is 11.0 Å². The van der Waals surface area contributed by atoms with Crippen molar-refractivity contribution >= 4 is 29.1 Å². The van der Waals surface area contributed by atoms with E-state index in [1.807, 2.05) is 0 Å². The summed E-state index contributed by atoms with van der Waals surface area (Å²) >= 11 is 1.21. The van der Waals surface area contributed by atoms with Gasteiger partial charge in [-0.1, -0.05) is 11.8 Å². The third-order valence-corrected chi connectivity index (χ3v) is 4.81. The molecule has 0 aliphatic carbocycles. The van der Waals surface area contributed by atoms with E-state index in [-0.39, 0.29) is 23.1 Å². The summed E-state index contributed by atoms with van der Waals surface area (Å²) in [5, 5.41) is 9.59. The number of nitrogens with zero attached hydrogens (tertiary/aromatic N) is 2. The minimum atomic E-state index is -0.298. The highest BCUT2D eigenvalue weighted by Crippen LogP contribution is 2.25. The molecule has 1 aromatic heterocycles. The van der Waals surface area contributed by atoms with Gasteiger partial charge in [-0.2, -0.15) is 0 Å². The number of methoxy groups -OCH3 is 1. The summed E-state index contributed by atoms with van der Waals surface area (Å²) in [7, 11) is 1.60. The topological polar surface area (TPSA) is 106 Å². The molecule has 2 heterocycles. The Bertz CT molecular complexity index is 858. The van der Waals surface area contributed by atoms with Crippen LogP contribution in [0.25, 0.3) is 0 Å². The highest BCUT2D eigenvalue weighted by Gasteiger charge is 2.19. The Morgan fingerprint density at radius 1 is 1.40 bits per heavy atom. The number of carbonyl (C=O) groups excluding carboxylic acids is 2. The smallest absolute Gasteiger partial charge is 0.343 e. The second kappa shape index (κ2) is 7.66. The van der Waals surface area contributed by atoms with Crippen LogP contribution in [-0.4, -0.2) is 45.9 Å². The quantitative estimate of drug-likeness (QED) is 0.413. The number of Topliss-reactive ketones (excluding diaryl/α,β-unsaturated/α-hetero) is 1. The number of ketones is 1. The summed E-state index contributed by atoms with van der Waals surface area (Å²) < 4.78 is 6.49. The zero-order chi connectivity index (χ0) is 17.8. The van der Waals surface area contributed by atoms with Crippen LogP contribution in [0.15, 0.2) is 28.2 Å². The molecule has 0 saturated carbocycles. The average molecular weight is 362 g/mol. The second-order valence-corrected chi connectivity index (χ2v) is 6.56. The summed E-state index contributed by atoms with van der Waals surface area (Å²) in [6.07, 6.45) is 0.977. The Kier molecular flexibility index (Phi) is 5.34. The molecule has 0 unspecified atom stereocenters. The van der Waals surface area contributed by atoms with Crippen LogP contribution in [0.4, 0.5) is 5.69 Å². The lowest BCUT2D eigenvalue weighted by atomic mass is 10.1. The molecule has 3 rings (SSSR count). The Morgan fingerprint density at radius 2 is 2.24 bits per heavy atom. The van der Waals surface area contributed by atoms with E-state index in [0.717, 1.165) is 11.3 Å². The molecule has 1 aromatic carbocycles. The molecule has 0 radical (unpaired) electrons. The standard InChI is InChI=1S/C16H18N4O4S/c1-24-6-2-5-20-15(23)18-19-16(20)25-9-13(21)10-3-4-12-11(7-10)8-14(22)17-12/h3-4,7H,2,5-6,8-9H2,1H3,(H,17,22)(H,18,23). The first kappa shape index (κ1) is 17.4. The van der Waals surface area contributed by atoms with Crippen LogP contribution in [-0.2, 0) is 22.5 Å². The van der Waals surface area contributed by atoms with Gasteiger partial charge in [0.2, 0.25) is 5.91 Å². The minimum Gasteiger partial charge on any atom is -0.385 e. The van der Waals surface area contributed by atoms with Crippen molar-refractivity contribution in [3.8, 4) is 0 Å². The molecule has 0 fully saturated rings. The molecular weight excluding hydrogens is 344 g/mol. The predicted octanol–water partition coefficient (Wildman–Crippen LogP) is 1.08. The second-order valence-electron chi connectivity index (χ2n) is 5.62. The van der Waals surface area contributed by atoms with E-state index in [1.165, 1.54) is 16.3 Å². The van der Waals surface area contributed by atoms with Crippen LogP contribution in [0, 0.1) is 0 Å². The minimum absolute atomic E-state index is 0.0643. The molecule has 8 nitrogen and oxygen atoms in total. The van der Waals surface area contributed by atoms with Crippen LogP contribution in [0.5, 0.6) is 0 Å². The lowest BCUT2D eigenvalue weighted by Gasteiger charge is -2.06. The van der Waals surface area contributed by atoms with Crippen molar-refractivity contribution in [3.05, 3.63) is 39.8 Å². The van der Waals surface area contributed by atoms with Crippen molar-refractivity contribution < 1.29 is 14.3 Å². The van der Waals surface area contributed by atoms with Gasteiger partial charge >= 0.3 is 5.69 Å². The number of carbonyl (C=O) groups is 2. The summed E-state index contributed by atoms with van der Waals surface area (Å²) in [6.45, 7) is 1.02. The number of hydrogen-bond acceptors (Lipinski definition) is 6. The number of fused-ring (bicyclic) bond motifs is 1. The fourth-order valence-electron chi connectivity index (χ4n) is 2.59. The van der Waals surface area contributed by atoms with E-state index in [9.17, 15) is 14.4 Å². The normalized spacial score (nSPS) is 12.9. The van der Waals surface area contributed by atoms with Gasteiger partial charge in [-0.3, -0.25) is 14.2 Å². The number of benzene rings is 1. The highest BCUT2D eigenvalue weighted by molar-refractivity contribution is 7.99. The van der Waals surface area contributed by atoms with E-state index in [2.05, 4.69) is 15.5 Å². The number of aromatic amines is 1. The maximum absolute atomic E-state index is 12.4. The molecular formula is C16H18N4O4S. The van der Waals surface area contributed by atoms with E-state index >= 15 is 0 Å². The summed E-state index contributed by atoms with van der Waals surface area (Å²) in [5.74, 6) is 0.0194. The van der Waals surface area contributed by atoms with E-state index in [0.29, 0.717) is 36.7 Å². The lowest BCUT2D eigenvalue weighted by molar-refractivity contribution is -0.115. The third-order valence-electron chi connectivity index (χ3n) is 3.84. The van der Waals surface area contributed by atoms with Crippen molar-refractivity contribution in [2.45, 2.75) is 24.5 Å². The number of amides is 1. The summed E-state index contributed by atoms with van der Waals surface area (Å²) in [5.41, 5.74) is 1.84. The Hall–Kier alpha value is -2.39. The van der Waals surface area contributed by atoms with Gasteiger partial charge in [0.25, 0.3) is 0 Å². The van der Waals surface area contributed by atoms with Crippen LogP contribution in [0.3, 0.4) is 0 Å². The molecule has 1 amide bonds. The van der Waals surface area contributed by atoms with Crippen LogP contribution in [0.1, 0.15) is 22.3 Å². The molecule has 0 atom stereocenters. The molecule has 0 saturated heterocycles. The SMILES string of the molecule is COCCCn1c(SCC(=O)c2ccc3c(c2)CC(=O)N3)n[nH]c1=O.